The van der Waals surface area contributed by atoms with Gasteiger partial charge >= 0.3 is 0 Å². The first-order chi connectivity index (χ1) is 21.1. The molecular formula is C47H64. The highest BCUT2D eigenvalue weighted by molar-refractivity contribution is 5.84. The van der Waals surface area contributed by atoms with Crippen molar-refractivity contribution >= 4 is 0 Å². The molecule has 0 aromatic heterocycles. The van der Waals surface area contributed by atoms with Crippen LogP contribution in [0, 0.1) is 0 Å². The summed E-state index contributed by atoms with van der Waals surface area (Å²) in [6.45, 7) is 14.9. The first-order valence-electron chi connectivity index (χ1n) is 16.1. The molecule has 0 fully saturated rings. The van der Waals surface area contributed by atoms with E-state index >= 15 is 0 Å². The summed E-state index contributed by atoms with van der Waals surface area (Å²) >= 11 is 0. The lowest BCUT2D eigenvalue weighted by molar-refractivity contribution is 0.832. The van der Waals surface area contributed by atoms with Crippen molar-refractivity contribution in [2.45, 2.75) is 101 Å². The highest BCUT2D eigenvalue weighted by atomic mass is 14.4. The molecule has 0 bridgehead atoms. The first kappa shape index (κ1) is 42.8. The fourth-order valence-corrected chi connectivity index (χ4v) is 6.40. The smallest absolute Gasteiger partial charge is 0.0574 e. The number of benzene rings is 4. The first-order valence-corrected chi connectivity index (χ1v) is 16.1. The second kappa shape index (κ2) is 20.2. The highest BCUT2D eigenvalue weighted by Gasteiger charge is 2.39. The van der Waals surface area contributed by atoms with Crippen molar-refractivity contribution < 1.29 is 0 Å². The average molecular weight is 629 g/mol. The summed E-state index contributed by atoms with van der Waals surface area (Å²) in [7, 11) is 0. The fraction of sp³-hybridized carbons (Fsp3) is 0.319. The van der Waals surface area contributed by atoms with Gasteiger partial charge in [-0.3, -0.25) is 0 Å². The maximum absolute atomic E-state index is 4.11. The van der Waals surface area contributed by atoms with Gasteiger partial charge in [-0.05, 0) is 63.8 Å². The summed E-state index contributed by atoms with van der Waals surface area (Å²) in [5.41, 5.74) is 10.6. The Hall–Kier alpha value is -4.16. The number of rotatable bonds is 7. The van der Waals surface area contributed by atoms with Crippen LogP contribution in [0.2, 0.25) is 0 Å². The Labute approximate surface area is 290 Å². The van der Waals surface area contributed by atoms with Gasteiger partial charge in [0.2, 0.25) is 0 Å². The normalized spacial score (nSPS) is 13.5. The number of fused-ring (bicyclic) bond motifs is 6. The molecule has 2 aliphatic carbocycles. The molecule has 4 aromatic rings. The van der Waals surface area contributed by atoms with Crippen molar-refractivity contribution in [1.82, 2.24) is 0 Å². The third-order valence-electron chi connectivity index (χ3n) is 8.24. The Kier molecular flexibility index (Phi) is 18.4. The Balaban J connectivity index is 0.000000773. The van der Waals surface area contributed by atoms with Crippen LogP contribution in [-0.4, -0.2) is 0 Å². The van der Waals surface area contributed by atoms with E-state index in [4.69, 9.17) is 0 Å². The van der Waals surface area contributed by atoms with Gasteiger partial charge in [-0.1, -0.05) is 210 Å². The molecule has 0 heteroatoms. The Morgan fingerprint density at radius 2 is 0.660 bits per heavy atom. The van der Waals surface area contributed by atoms with E-state index < -0.39 is 0 Å². The van der Waals surface area contributed by atoms with Gasteiger partial charge in [0.15, 0.2) is 0 Å². The molecule has 252 valence electrons. The third-order valence-corrected chi connectivity index (χ3v) is 8.24. The topological polar surface area (TPSA) is 0 Å². The van der Waals surface area contributed by atoms with Crippen molar-refractivity contribution in [3.8, 4) is 22.3 Å². The Morgan fingerprint density at radius 1 is 0.426 bits per heavy atom. The molecule has 0 saturated heterocycles. The predicted octanol–water partition coefficient (Wildman–Crippen LogP) is 15.0. The number of hydrogen-bond donors (Lipinski definition) is 0. The van der Waals surface area contributed by atoms with E-state index in [-0.39, 0.29) is 40.5 Å². The van der Waals surface area contributed by atoms with Crippen molar-refractivity contribution in [2.75, 3.05) is 0 Å². The maximum Gasteiger partial charge on any atom is 0.0574 e. The fourth-order valence-electron chi connectivity index (χ4n) is 6.40. The molecule has 0 nitrogen and oxygen atoms in total. The van der Waals surface area contributed by atoms with Crippen LogP contribution in [0.3, 0.4) is 0 Å². The van der Waals surface area contributed by atoms with Gasteiger partial charge in [-0.15, -0.1) is 6.58 Å². The van der Waals surface area contributed by atoms with Gasteiger partial charge < -0.3 is 0 Å². The van der Waals surface area contributed by atoms with Crippen molar-refractivity contribution in [3.63, 3.8) is 0 Å². The molecule has 4 aromatic carbocycles. The lowest BCUT2D eigenvalue weighted by Crippen LogP contribution is -2.19. The minimum Gasteiger partial charge on any atom is -0.102 e. The van der Waals surface area contributed by atoms with Gasteiger partial charge in [0.25, 0.3) is 0 Å². The van der Waals surface area contributed by atoms with E-state index in [1.807, 2.05) is 0 Å². The molecule has 6 rings (SSSR count). The second-order valence-corrected chi connectivity index (χ2v) is 11.3. The quantitative estimate of drug-likeness (QED) is 0.179. The zero-order chi connectivity index (χ0) is 30.7. The van der Waals surface area contributed by atoms with Crippen molar-refractivity contribution in [1.29, 1.82) is 0 Å². The van der Waals surface area contributed by atoms with Crippen LogP contribution < -0.4 is 0 Å². The largest absolute Gasteiger partial charge is 0.102 e. The van der Waals surface area contributed by atoms with Crippen LogP contribution in [0.25, 0.3) is 22.3 Å². The molecule has 0 radical (unpaired) electrons. The summed E-state index contributed by atoms with van der Waals surface area (Å²) < 4.78 is 0. The van der Waals surface area contributed by atoms with Crippen molar-refractivity contribution in [2.24, 2.45) is 0 Å². The summed E-state index contributed by atoms with van der Waals surface area (Å²) in [6.07, 6.45) is 20.4. The van der Waals surface area contributed by atoms with E-state index in [0.717, 1.165) is 19.3 Å². The second-order valence-electron chi connectivity index (χ2n) is 11.3. The minimum atomic E-state index is -0.163. The molecular weight excluding hydrogens is 565 g/mol. The molecule has 0 heterocycles. The lowest BCUT2D eigenvalue weighted by atomic mass is 9.77. The minimum absolute atomic E-state index is 0. The van der Waals surface area contributed by atoms with Crippen LogP contribution in [0.15, 0.2) is 146 Å². The lowest BCUT2D eigenvalue weighted by Gasteiger charge is -2.25. The highest BCUT2D eigenvalue weighted by Crippen LogP contribution is 2.51. The average Bonchev–Trinajstić information content (AvgIpc) is 3.50. The van der Waals surface area contributed by atoms with Gasteiger partial charge in [-0.2, -0.15) is 0 Å². The summed E-state index contributed by atoms with van der Waals surface area (Å²) in [5.74, 6) is 0. The number of allylic oxidation sites excluding steroid dienone is 7. The number of hydrogen-bond acceptors (Lipinski definition) is 0. The van der Waals surface area contributed by atoms with Gasteiger partial charge in [0, 0.05) is 0 Å². The molecule has 47 heavy (non-hydrogen) atoms. The van der Waals surface area contributed by atoms with Crippen LogP contribution in [0.5, 0.6) is 0 Å². The zero-order valence-electron chi connectivity index (χ0n) is 26.8. The Morgan fingerprint density at radius 3 is 0.915 bits per heavy atom. The standard InChI is InChI=1S/C21H22.C19H18.C3H8.4CH4/c1-3-5-15-21(16-6-4-2)19-13-9-7-11-17(19)18-12-8-10-14-20(18)21;1-3-5-14-19(4-2)17-12-8-6-10-15(17)16-11-7-9-13-18(16)19;1-3-2;;;;/h5-16H,3-4H2,1-2H3;4-14H,2-3H2,1H3;3H2,1-2H3;4*1H4. The maximum atomic E-state index is 4.11. The third kappa shape index (κ3) is 8.23. The molecule has 0 spiro atoms. The van der Waals surface area contributed by atoms with Crippen LogP contribution in [0.4, 0.5) is 0 Å². The van der Waals surface area contributed by atoms with Gasteiger partial charge in [0.05, 0.1) is 10.8 Å². The van der Waals surface area contributed by atoms with Gasteiger partial charge in [0.1, 0.15) is 0 Å². The van der Waals surface area contributed by atoms with Gasteiger partial charge in [-0.25, -0.2) is 0 Å². The molecule has 2 aliphatic rings. The summed E-state index contributed by atoms with van der Waals surface area (Å²) in [4.78, 5) is 0. The Bertz CT molecular complexity index is 1480. The van der Waals surface area contributed by atoms with E-state index in [0.29, 0.717) is 0 Å². The van der Waals surface area contributed by atoms with E-state index in [2.05, 4.69) is 181 Å². The van der Waals surface area contributed by atoms with E-state index in [1.54, 1.807) is 0 Å². The molecule has 0 saturated carbocycles. The van der Waals surface area contributed by atoms with Crippen LogP contribution in [-0.2, 0) is 10.8 Å². The predicted molar refractivity (Wildman–Crippen MR) is 217 cm³/mol. The van der Waals surface area contributed by atoms with E-state index in [9.17, 15) is 0 Å². The van der Waals surface area contributed by atoms with Crippen LogP contribution >= 0.6 is 0 Å². The summed E-state index contributed by atoms with van der Waals surface area (Å²) in [5, 5.41) is 0. The zero-order valence-corrected chi connectivity index (χ0v) is 26.8. The monoisotopic (exact) mass is 629 g/mol. The SMILES string of the molecule is C.C.C.C.C=CC1(C=CCC)c2ccccc2-c2ccccc21.CCC.CCC=CC1(C=CCC)c2ccccc2-c2ccccc21. The van der Waals surface area contributed by atoms with Crippen LogP contribution in [0.1, 0.15) is 112 Å². The molecule has 0 amide bonds. The van der Waals surface area contributed by atoms with E-state index in [1.165, 1.54) is 50.9 Å². The molecule has 0 N–H and O–H groups in total. The molecule has 0 aliphatic heterocycles. The molecule has 0 unspecified atom stereocenters. The summed E-state index contributed by atoms with van der Waals surface area (Å²) in [6, 6.07) is 34.9. The molecule has 0 atom stereocenters. The van der Waals surface area contributed by atoms with Crippen molar-refractivity contribution in [3.05, 3.63) is 168 Å².